The number of nitrogens with zero attached hydrogens (tertiary/aromatic N) is 1. The van der Waals surface area contributed by atoms with Gasteiger partial charge in [-0.1, -0.05) is 6.07 Å². The number of pyridine rings is 1. The van der Waals surface area contributed by atoms with Gasteiger partial charge >= 0.3 is 7.12 Å². The molecule has 5 nitrogen and oxygen atoms in total. The average molecular weight is 299 g/mol. The van der Waals surface area contributed by atoms with Crippen molar-refractivity contribution in [1.29, 1.82) is 0 Å². The predicted octanol–water partition coefficient (Wildman–Crippen LogP) is 2.36. The van der Waals surface area contributed by atoms with Crippen molar-refractivity contribution in [3.63, 3.8) is 0 Å². The van der Waals surface area contributed by atoms with Gasteiger partial charge < -0.3 is 19.2 Å². The van der Waals surface area contributed by atoms with E-state index in [0.29, 0.717) is 24.4 Å². The van der Waals surface area contributed by atoms with Crippen LogP contribution in [0.4, 0.5) is 0 Å². The molecule has 0 bridgehead atoms. The second-order valence-corrected chi connectivity index (χ2v) is 5.24. The van der Waals surface area contributed by atoms with Crippen LogP contribution in [0.15, 0.2) is 36.4 Å². The molecule has 1 N–H and O–H groups in total. The van der Waals surface area contributed by atoms with Gasteiger partial charge in [0.2, 0.25) is 0 Å². The topological polar surface area (TPSA) is 60.8 Å². The maximum Gasteiger partial charge on any atom is 0.454 e. The Kier molecular flexibility index (Phi) is 4.31. The first-order valence-electron chi connectivity index (χ1n) is 7.20. The van der Waals surface area contributed by atoms with Gasteiger partial charge in [-0.25, -0.2) is 0 Å². The molecule has 1 aliphatic rings. The molecule has 0 spiro atoms. The van der Waals surface area contributed by atoms with Gasteiger partial charge in [0.15, 0.2) is 11.5 Å². The number of benzene rings is 1. The Balaban J connectivity index is 1.92. The molecule has 22 heavy (non-hydrogen) atoms. The summed E-state index contributed by atoms with van der Waals surface area (Å²) in [6.07, 6.45) is 0.586. The van der Waals surface area contributed by atoms with Crippen LogP contribution in [-0.4, -0.2) is 38.0 Å². The second kappa shape index (κ2) is 6.38. The SMILES string of the molecule is COc1ccc(-c2cccc([C@H]3COB(O)C3)n2)cc1OC. The third kappa shape index (κ3) is 2.93. The van der Waals surface area contributed by atoms with Gasteiger partial charge in [-0.2, -0.15) is 0 Å². The van der Waals surface area contributed by atoms with Crippen molar-refractivity contribution in [2.75, 3.05) is 20.8 Å². The lowest BCUT2D eigenvalue weighted by atomic mass is 9.81. The molecule has 0 amide bonds. The molecule has 1 aromatic carbocycles. The minimum atomic E-state index is -0.684. The van der Waals surface area contributed by atoms with Crippen LogP contribution >= 0.6 is 0 Å². The fourth-order valence-corrected chi connectivity index (χ4v) is 2.65. The normalized spacial score (nSPS) is 17.6. The number of hydrogen-bond donors (Lipinski definition) is 1. The van der Waals surface area contributed by atoms with Crippen LogP contribution in [0.3, 0.4) is 0 Å². The Hall–Kier alpha value is -2.05. The van der Waals surface area contributed by atoms with E-state index in [4.69, 9.17) is 19.1 Å². The highest BCUT2D eigenvalue weighted by atomic mass is 16.5. The summed E-state index contributed by atoms with van der Waals surface area (Å²) in [4.78, 5) is 4.70. The van der Waals surface area contributed by atoms with Crippen LogP contribution in [0.1, 0.15) is 11.6 Å². The molecule has 1 aliphatic heterocycles. The smallest absolute Gasteiger partial charge is 0.454 e. The summed E-state index contributed by atoms with van der Waals surface area (Å²) in [5.74, 6) is 1.50. The van der Waals surface area contributed by atoms with E-state index in [-0.39, 0.29) is 5.92 Å². The molecule has 1 aromatic heterocycles. The summed E-state index contributed by atoms with van der Waals surface area (Å²) in [6.45, 7) is 0.504. The zero-order chi connectivity index (χ0) is 15.5. The van der Waals surface area contributed by atoms with Crippen LogP contribution < -0.4 is 9.47 Å². The predicted molar refractivity (Wildman–Crippen MR) is 84.2 cm³/mol. The standard InChI is InChI=1S/C16H18BNO4/c1-20-15-7-6-11(8-16(15)21-2)13-4-3-5-14(18-13)12-9-17(19)22-10-12/h3-8,12,19H,9-10H2,1-2H3/t12-/m1/s1. The summed E-state index contributed by atoms with van der Waals surface area (Å²) >= 11 is 0. The van der Waals surface area contributed by atoms with Gasteiger partial charge in [0.25, 0.3) is 0 Å². The fraction of sp³-hybridized carbons (Fsp3) is 0.312. The molecular weight excluding hydrogens is 281 g/mol. The first-order valence-corrected chi connectivity index (χ1v) is 7.20. The Morgan fingerprint density at radius 2 is 2.00 bits per heavy atom. The third-order valence-corrected chi connectivity index (χ3v) is 3.84. The van der Waals surface area contributed by atoms with Crippen LogP contribution in [0.5, 0.6) is 11.5 Å². The fourth-order valence-electron chi connectivity index (χ4n) is 2.65. The van der Waals surface area contributed by atoms with Crippen LogP contribution in [0, 0.1) is 0 Å². The van der Waals surface area contributed by atoms with E-state index in [1.165, 1.54) is 0 Å². The second-order valence-electron chi connectivity index (χ2n) is 5.24. The number of methoxy groups -OCH3 is 2. The highest BCUT2D eigenvalue weighted by Crippen LogP contribution is 2.33. The summed E-state index contributed by atoms with van der Waals surface area (Å²) in [5.41, 5.74) is 2.75. The quantitative estimate of drug-likeness (QED) is 0.878. The highest BCUT2D eigenvalue weighted by molar-refractivity contribution is 6.43. The molecule has 0 unspecified atom stereocenters. The van der Waals surface area contributed by atoms with Crippen molar-refractivity contribution in [3.8, 4) is 22.8 Å². The Labute approximate surface area is 130 Å². The van der Waals surface area contributed by atoms with E-state index in [2.05, 4.69) is 0 Å². The van der Waals surface area contributed by atoms with E-state index < -0.39 is 7.12 Å². The van der Waals surface area contributed by atoms with E-state index in [1.54, 1.807) is 14.2 Å². The van der Waals surface area contributed by atoms with Gasteiger partial charge in [0.05, 0.1) is 19.9 Å². The number of hydrogen-bond acceptors (Lipinski definition) is 5. The molecule has 1 saturated heterocycles. The van der Waals surface area contributed by atoms with Gasteiger partial charge in [0.1, 0.15) is 0 Å². The van der Waals surface area contributed by atoms with E-state index in [0.717, 1.165) is 17.0 Å². The lowest BCUT2D eigenvalue weighted by molar-refractivity contribution is 0.291. The van der Waals surface area contributed by atoms with Crippen LogP contribution in [0.2, 0.25) is 6.32 Å². The molecule has 3 rings (SSSR count). The summed E-state index contributed by atoms with van der Waals surface area (Å²) < 4.78 is 15.8. The molecule has 1 atom stereocenters. The third-order valence-electron chi connectivity index (χ3n) is 3.84. The molecule has 114 valence electrons. The van der Waals surface area contributed by atoms with Crippen molar-refractivity contribution in [2.45, 2.75) is 12.2 Å². The van der Waals surface area contributed by atoms with Crippen molar-refractivity contribution >= 4 is 7.12 Å². The zero-order valence-electron chi connectivity index (χ0n) is 12.7. The van der Waals surface area contributed by atoms with Crippen molar-refractivity contribution < 1.29 is 19.2 Å². The molecule has 6 heteroatoms. The van der Waals surface area contributed by atoms with Crippen LogP contribution in [0.25, 0.3) is 11.3 Å². The van der Waals surface area contributed by atoms with E-state index >= 15 is 0 Å². The van der Waals surface area contributed by atoms with Gasteiger partial charge in [0, 0.05) is 23.8 Å². The summed E-state index contributed by atoms with van der Waals surface area (Å²) in [5, 5.41) is 9.49. The lowest BCUT2D eigenvalue weighted by Crippen LogP contribution is -2.08. The Morgan fingerprint density at radius 3 is 2.68 bits per heavy atom. The maximum absolute atomic E-state index is 9.49. The number of aromatic nitrogens is 1. The van der Waals surface area contributed by atoms with Gasteiger partial charge in [-0.05, 0) is 36.7 Å². The highest BCUT2D eigenvalue weighted by Gasteiger charge is 2.30. The van der Waals surface area contributed by atoms with Crippen LogP contribution in [-0.2, 0) is 4.65 Å². The van der Waals surface area contributed by atoms with Gasteiger partial charge in [-0.15, -0.1) is 0 Å². The molecule has 2 heterocycles. The monoisotopic (exact) mass is 299 g/mol. The number of rotatable bonds is 4. The Bertz CT molecular complexity index is 664. The lowest BCUT2D eigenvalue weighted by Gasteiger charge is -2.11. The van der Waals surface area contributed by atoms with E-state index in [1.807, 2.05) is 36.4 Å². The minimum Gasteiger partial charge on any atom is -0.493 e. The van der Waals surface area contributed by atoms with Crippen molar-refractivity contribution in [2.24, 2.45) is 0 Å². The molecule has 0 saturated carbocycles. The molecular formula is C16H18BNO4. The largest absolute Gasteiger partial charge is 0.493 e. The van der Waals surface area contributed by atoms with Crippen molar-refractivity contribution in [1.82, 2.24) is 4.98 Å². The summed E-state index contributed by atoms with van der Waals surface area (Å²) in [6, 6.07) is 11.6. The molecule has 1 fully saturated rings. The Morgan fingerprint density at radius 1 is 1.18 bits per heavy atom. The molecule has 2 aromatic rings. The first-order chi connectivity index (χ1) is 10.7. The summed E-state index contributed by atoms with van der Waals surface area (Å²) in [7, 11) is 2.54. The minimum absolute atomic E-state index is 0.134. The molecule has 0 aliphatic carbocycles. The average Bonchev–Trinajstić information content (AvgIpc) is 3.01. The molecule has 0 radical (unpaired) electrons. The maximum atomic E-state index is 9.49. The number of ether oxygens (including phenoxy) is 2. The first kappa shape index (κ1) is 14.9. The van der Waals surface area contributed by atoms with Gasteiger partial charge in [-0.3, -0.25) is 4.98 Å². The van der Waals surface area contributed by atoms with E-state index in [9.17, 15) is 5.02 Å². The van der Waals surface area contributed by atoms with Crippen molar-refractivity contribution in [3.05, 3.63) is 42.1 Å². The zero-order valence-corrected chi connectivity index (χ0v) is 12.7.